The standard InChI is InChI=1S/C15H33NS/c1-3-4-5-6-7-8-9-10-11-12-13-17-15(2)14-16/h15H,3-14,16H2,1-2H3. The van der Waals surface area contributed by atoms with Gasteiger partial charge in [0.15, 0.2) is 0 Å². The highest BCUT2D eigenvalue weighted by Crippen LogP contribution is 2.14. The molecule has 0 aromatic heterocycles. The van der Waals surface area contributed by atoms with E-state index in [9.17, 15) is 0 Å². The highest BCUT2D eigenvalue weighted by Gasteiger charge is 1.98. The summed E-state index contributed by atoms with van der Waals surface area (Å²) in [6.07, 6.45) is 14.3. The van der Waals surface area contributed by atoms with Gasteiger partial charge in [-0.05, 0) is 12.2 Å². The fourth-order valence-electron chi connectivity index (χ4n) is 1.94. The normalized spacial score (nSPS) is 12.9. The van der Waals surface area contributed by atoms with E-state index < -0.39 is 0 Å². The lowest BCUT2D eigenvalue weighted by molar-refractivity contribution is 0.563. The van der Waals surface area contributed by atoms with Gasteiger partial charge < -0.3 is 5.73 Å². The predicted molar refractivity (Wildman–Crippen MR) is 82.8 cm³/mol. The average Bonchev–Trinajstić information content (AvgIpc) is 2.35. The van der Waals surface area contributed by atoms with E-state index in [1.54, 1.807) is 0 Å². The summed E-state index contributed by atoms with van der Waals surface area (Å²) in [5, 5.41) is 0.647. The topological polar surface area (TPSA) is 26.0 Å². The zero-order chi connectivity index (χ0) is 12.8. The first-order valence-corrected chi connectivity index (χ1v) is 8.67. The lowest BCUT2D eigenvalue weighted by Crippen LogP contribution is -2.12. The molecule has 0 radical (unpaired) electrons. The van der Waals surface area contributed by atoms with Crippen LogP contribution >= 0.6 is 11.8 Å². The quantitative estimate of drug-likeness (QED) is 0.472. The highest BCUT2D eigenvalue weighted by molar-refractivity contribution is 7.99. The summed E-state index contributed by atoms with van der Waals surface area (Å²) >= 11 is 2.03. The van der Waals surface area contributed by atoms with Gasteiger partial charge in [-0.2, -0.15) is 11.8 Å². The van der Waals surface area contributed by atoms with Gasteiger partial charge in [0, 0.05) is 11.8 Å². The number of rotatable bonds is 13. The first-order chi connectivity index (χ1) is 8.31. The first kappa shape index (κ1) is 17.3. The summed E-state index contributed by atoms with van der Waals surface area (Å²) in [6, 6.07) is 0. The Hall–Kier alpha value is 0.310. The van der Waals surface area contributed by atoms with Gasteiger partial charge in [-0.3, -0.25) is 0 Å². The van der Waals surface area contributed by atoms with E-state index in [-0.39, 0.29) is 0 Å². The van der Waals surface area contributed by atoms with Crippen LogP contribution in [0.3, 0.4) is 0 Å². The molecule has 0 saturated carbocycles. The van der Waals surface area contributed by atoms with E-state index in [1.165, 1.54) is 70.0 Å². The summed E-state index contributed by atoms with van der Waals surface area (Å²) in [5.74, 6) is 1.30. The van der Waals surface area contributed by atoms with Gasteiger partial charge >= 0.3 is 0 Å². The smallest absolute Gasteiger partial charge is 0.0141 e. The summed E-state index contributed by atoms with van der Waals surface area (Å²) in [4.78, 5) is 0. The molecule has 1 atom stereocenters. The van der Waals surface area contributed by atoms with Gasteiger partial charge in [-0.1, -0.05) is 71.6 Å². The molecule has 17 heavy (non-hydrogen) atoms. The second kappa shape index (κ2) is 14.4. The maximum Gasteiger partial charge on any atom is 0.0141 e. The van der Waals surface area contributed by atoms with Gasteiger partial charge in [0.25, 0.3) is 0 Å². The SMILES string of the molecule is CCCCCCCCCCCCSC(C)CN. The number of hydrogen-bond acceptors (Lipinski definition) is 2. The molecule has 0 aromatic carbocycles. The maximum absolute atomic E-state index is 5.58. The van der Waals surface area contributed by atoms with Gasteiger partial charge in [-0.15, -0.1) is 0 Å². The van der Waals surface area contributed by atoms with Crippen molar-refractivity contribution in [3.05, 3.63) is 0 Å². The third kappa shape index (κ3) is 14.2. The molecule has 0 spiro atoms. The molecule has 0 aliphatic carbocycles. The third-order valence-electron chi connectivity index (χ3n) is 3.23. The molecule has 2 N–H and O–H groups in total. The van der Waals surface area contributed by atoms with Crippen LogP contribution in [0.2, 0.25) is 0 Å². The minimum absolute atomic E-state index is 0.647. The van der Waals surface area contributed by atoms with Crippen LogP contribution in [0.15, 0.2) is 0 Å². The van der Waals surface area contributed by atoms with Crippen LogP contribution in [-0.2, 0) is 0 Å². The second-order valence-electron chi connectivity index (χ2n) is 5.10. The van der Waals surface area contributed by atoms with Crippen molar-refractivity contribution in [1.29, 1.82) is 0 Å². The fourth-order valence-corrected chi connectivity index (χ4v) is 2.85. The molecule has 0 saturated heterocycles. The summed E-state index contributed by atoms with van der Waals surface area (Å²) < 4.78 is 0. The van der Waals surface area contributed by atoms with E-state index in [0.29, 0.717) is 5.25 Å². The van der Waals surface area contributed by atoms with Crippen molar-refractivity contribution in [3.63, 3.8) is 0 Å². The van der Waals surface area contributed by atoms with Crippen LogP contribution in [0.5, 0.6) is 0 Å². The largest absolute Gasteiger partial charge is 0.329 e. The Morgan fingerprint density at radius 2 is 1.29 bits per heavy atom. The Bertz CT molecular complexity index is 139. The van der Waals surface area contributed by atoms with Gasteiger partial charge in [0.2, 0.25) is 0 Å². The molecule has 0 heterocycles. The molecule has 1 unspecified atom stereocenters. The fraction of sp³-hybridized carbons (Fsp3) is 1.00. The zero-order valence-electron chi connectivity index (χ0n) is 12.0. The van der Waals surface area contributed by atoms with Crippen molar-refractivity contribution >= 4 is 11.8 Å². The zero-order valence-corrected chi connectivity index (χ0v) is 12.9. The molecular formula is C15H33NS. The molecular weight excluding hydrogens is 226 g/mol. The third-order valence-corrected chi connectivity index (χ3v) is 4.52. The van der Waals surface area contributed by atoms with Crippen LogP contribution in [0, 0.1) is 0 Å². The second-order valence-corrected chi connectivity index (χ2v) is 6.65. The maximum atomic E-state index is 5.58. The van der Waals surface area contributed by atoms with Gasteiger partial charge in [0.1, 0.15) is 0 Å². The van der Waals surface area contributed by atoms with Crippen LogP contribution in [-0.4, -0.2) is 17.5 Å². The number of nitrogens with two attached hydrogens (primary N) is 1. The van der Waals surface area contributed by atoms with Crippen molar-refractivity contribution < 1.29 is 0 Å². The molecule has 0 amide bonds. The van der Waals surface area contributed by atoms with Crippen molar-refractivity contribution in [2.75, 3.05) is 12.3 Å². The lowest BCUT2D eigenvalue weighted by Gasteiger charge is -2.07. The van der Waals surface area contributed by atoms with E-state index in [0.717, 1.165) is 6.54 Å². The molecule has 1 nitrogen and oxygen atoms in total. The van der Waals surface area contributed by atoms with E-state index >= 15 is 0 Å². The molecule has 2 heteroatoms. The van der Waals surface area contributed by atoms with Crippen LogP contribution in [0.4, 0.5) is 0 Å². The minimum Gasteiger partial charge on any atom is -0.329 e. The molecule has 0 aliphatic rings. The highest BCUT2D eigenvalue weighted by atomic mass is 32.2. The molecule has 0 aromatic rings. The Morgan fingerprint density at radius 3 is 1.76 bits per heavy atom. The minimum atomic E-state index is 0.647. The average molecular weight is 260 g/mol. The van der Waals surface area contributed by atoms with Gasteiger partial charge in [0.05, 0.1) is 0 Å². The summed E-state index contributed by atoms with van der Waals surface area (Å²) in [6.45, 7) is 5.33. The Labute approximate surface area is 113 Å². The van der Waals surface area contributed by atoms with E-state index in [2.05, 4.69) is 13.8 Å². The Balaban J connectivity index is 2.94. The van der Waals surface area contributed by atoms with Crippen molar-refractivity contribution in [1.82, 2.24) is 0 Å². The number of thioether (sulfide) groups is 1. The van der Waals surface area contributed by atoms with Crippen LogP contribution < -0.4 is 5.73 Å². The first-order valence-electron chi connectivity index (χ1n) is 7.63. The molecule has 0 rings (SSSR count). The molecule has 0 bridgehead atoms. The van der Waals surface area contributed by atoms with Crippen molar-refractivity contribution in [2.24, 2.45) is 5.73 Å². The summed E-state index contributed by atoms with van der Waals surface area (Å²) in [5.41, 5.74) is 5.58. The van der Waals surface area contributed by atoms with Crippen molar-refractivity contribution in [3.8, 4) is 0 Å². The Morgan fingerprint density at radius 1 is 0.824 bits per heavy atom. The summed E-state index contributed by atoms with van der Waals surface area (Å²) in [7, 11) is 0. The van der Waals surface area contributed by atoms with E-state index in [1.807, 2.05) is 11.8 Å². The monoisotopic (exact) mass is 259 g/mol. The van der Waals surface area contributed by atoms with E-state index in [4.69, 9.17) is 5.73 Å². The predicted octanol–water partition coefficient (Wildman–Crippen LogP) is 4.99. The van der Waals surface area contributed by atoms with Crippen molar-refractivity contribution in [2.45, 2.75) is 83.3 Å². The number of unbranched alkanes of at least 4 members (excludes halogenated alkanes) is 9. The Kier molecular flexibility index (Phi) is 14.6. The van der Waals surface area contributed by atoms with Gasteiger partial charge in [-0.25, -0.2) is 0 Å². The molecule has 0 aliphatic heterocycles. The lowest BCUT2D eigenvalue weighted by atomic mass is 10.1. The molecule has 104 valence electrons. The van der Waals surface area contributed by atoms with Crippen LogP contribution in [0.1, 0.15) is 78.1 Å². The number of hydrogen-bond donors (Lipinski definition) is 1. The molecule has 0 fully saturated rings. The van der Waals surface area contributed by atoms with Crippen LogP contribution in [0.25, 0.3) is 0 Å².